The maximum Gasteiger partial charge on any atom is 0.0659 e. The zero-order valence-corrected chi connectivity index (χ0v) is 4.47. The average molecular weight is 97.1 g/mol. The van der Waals surface area contributed by atoms with Crippen molar-refractivity contribution in [3.05, 3.63) is 17.9 Å². The van der Waals surface area contributed by atoms with Gasteiger partial charge in [-0.05, 0) is 13.0 Å². The summed E-state index contributed by atoms with van der Waals surface area (Å²) in [5.74, 6) is 0. The smallest absolute Gasteiger partial charge is 0.0659 e. The van der Waals surface area contributed by atoms with E-state index in [1.165, 1.54) is 0 Å². The third-order valence-corrected chi connectivity index (χ3v) is 0.768. The summed E-state index contributed by atoms with van der Waals surface area (Å²) in [4.78, 5) is 0. The van der Waals surface area contributed by atoms with Gasteiger partial charge >= 0.3 is 0 Å². The monoisotopic (exact) mass is 97.1 g/mol. The van der Waals surface area contributed by atoms with E-state index in [4.69, 9.17) is 1.37 Å². The highest BCUT2D eigenvalue weighted by Gasteiger charge is 1.81. The number of hydrogen-bond donors (Lipinski definition) is 0. The second kappa shape index (κ2) is 1.37. The Morgan fingerprint density at radius 2 is 2.71 bits per heavy atom. The first-order valence-electron chi connectivity index (χ1n) is 2.67. The molecular formula is C5H8N2. The van der Waals surface area contributed by atoms with Crippen molar-refractivity contribution in [1.82, 2.24) is 9.78 Å². The van der Waals surface area contributed by atoms with Crippen molar-refractivity contribution in [2.24, 2.45) is 7.05 Å². The van der Waals surface area contributed by atoms with Gasteiger partial charge in [0.05, 0.1) is 7.06 Å². The van der Waals surface area contributed by atoms with E-state index in [1.54, 1.807) is 10.9 Å². The minimum absolute atomic E-state index is 0.507. The number of aryl methyl sites for hydroxylation is 2. The number of rotatable bonds is 0. The molecule has 1 aromatic heterocycles. The molecule has 1 rings (SSSR count). The summed E-state index contributed by atoms with van der Waals surface area (Å²) in [7, 11) is 1.81. The number of aromatic nitrogens is 2. The van der Waals surface area contributed by atoms with E-state index >= 15 is 0 Å². The molecule has 1 aromatic rings. The van der Waals surface area contributed by atoms with Gasteiger partial charge in [0.15, 0.2) is 0 Å². The molecule has 0 N–H and O–H groups in total. The minimum Gasteiger partial charge on any atom is -0.276 e. The molecule has 0 amide bonds. The van der Waals surface area contributed by atoms with Crippen LogP contribution in [0.5, 0.6) is 0 Å². The highest BCUT2D eigenvalue weighted by atomic mass is 15.2. The lowest BCUT2D eigenvalue weighted by Gasteiger charge is -1.79. The van der Waals surface area contributed by atoms with Crippen LogP contribution in [0.2, 0.25) is 0 Å². The molecule has 0 aromatic carbocycles. The zero-order chi connectivity index (χ0) is 6.15. The summed E-state index contributed by atoms with van der Waals surface area (Å²) < 4.78 is 8.79. The van der Waals surface area contributed by atoms with Crippen molar-refractivity contribution in [2.75, 3.05) is 0 Å². The second-order valence-corrected chi connectivity index (χ2v) is 1.53. The van der Waals surface area contributed by atoms with Gasteiger partial charge in [0, 0.05) is 13.2 Å². The van der Waals surface area contributed by atoms with E-state index in [2.05, 4.69) is 5.10 Å². The van der Waals surface area contributed by atoms with Gasteiger partial charge < -0.3 is 0 Å². The van der Waals surface area contributed by atoms with Gasteiger partial charge in [0.25, 0.3) is 0 Å². The van der Waals surface area contributed by atoms with Crippen LogP contribution in [0.25, 0.3) is 0 Å². The molecule has 0 saturated carbocycles. The summed E-state index contributed by atoms with van der Waals surface area (Å²) in [6.07, 6.45) is 1.68. The van der Waals surface area contributed by atoms with Crippen molar-refractivity contribution in [3.63, 3.8) is 0 Å². The summed E-state index contributed by atoms with van der Waals surface area (Å²) in [6.45, 7) is 1.82. The quantitative estimate of drug-likeness (QED) is 0.466. The minimum atomic E-state index is 0.507. The first kappa shape index (κ1) is 3.24. The van der Waals surface area contributed by atoms with Crippen LogP contribution < -0.4 is 0 Å². The molecule has 0 radical (unpaired) electrons. The van der Waals surface area contributed by atoms with Crippen LogP contribution in [-0.4, -0.2) is 9.78 Å². The largest absolute Gasteiger partial charge is 0.276 e. The predicted octanol–water partition coefficient (Wildman–Crippen LogP) is 0.729. The van der Waals surface area contributed by atoms with Gasteiger partial charge in [-0.1, -0.05) is 0 Å². The Hall–Kier alpha value is -0.790. The maximum atomic E-state index is 7.16. The third-order valence-electron chi connectivity index (χ3n) is 0.768. The molecule has 0 fully saturated rings. The number of nitrogens with zero attached hydrogens (tertiary/aromatic N) is 2. The van der Waals surface area contributed by atoms with Gasteiger partial charge in [0.2, 0.25) is 0 Å². The summed E-state index contributed by atoms with van der Waals surface area (Å²) >= 11 is 0. The zero-order valence-electron chi connectivity index (χ0n) is 5.47. The topological polar surface area (TPSA) is 17.8 Å². The van der Waals surface area contributed by atoms with E-state index in [0.717, 1.165) is 5.69 Å². The molecule has 38 valence electrons. The summed E-state index contributed by atoms with van der Waals surface area (Å²) in [6, 6.07) is 0.507. The molecule has 0 aliphatic rings. The van der Waals surface area contributed by atoms with Gasteiger partial charge in [0.1, 0.15) is 0 Å². The molecule has 2 nitrogen and oxygen atoms in total. The van der Waals surface area contributed by atoms with Crippen LogP contribution in [0.1, 0.15) is 7.06 Å². The first-order valence-corrected chi connectivity index (χ1v) is 2.17. The lowest BCUT2D eigenvalue weighted by molar-refractivity contribution is 0.756. The van der Waals surface area contributed by atoms with Crippen molar-refractivity contribution in [1.29, 1.82) is 0 Å². The van der Waals surface area contributed by atoms with E-state index in [-0.39, 0.29) is 0 Å². The van der Waals surface area contributed by atoms with Crippen LogP contribution in [0.4, 0.5) is 0 Å². The molecule has 7 heavy (non-hydrogen) atoms. The molecule has 0 aliphatic heterocycles. The standard InChI is InChI=1S/C5H8N2/c1-5-3-4-7(2)6-5/h3-4H,1-2H3/i3D. The summed E-state index contributed by atoms with van der Waals surface area (Å²) in [5, 5.41) is 3.94. The summed E-state index contributed by atoms with van der Waals surface area (Å²) in [5.41, 5.74) is 0.785. The molecule has 0 bridgehead atoms. The van der Waals surface area contributed by atoms with Gasteiger partial charge in [-0.2, -0.15) is 5.10 Å². The van der Waals surface area contributed by atoms with E-state index in [9.17, 15) is 0 Å². The fourth-order valence-electron chi connectivity index (χ4n) is 0.481. The van der Waals surface area contributed by atoms with E-state index < -0.39 is 0 Å². The fourth-order valence-corrected chi connectivity index (χ4v) is 0.481. The predicted molar refractivity (Wildman–Crippen MR) is 27.9 cm³/mol. The third kappa shape index (κ3) is 0.796. The van der Waals surface area contributed by atoms with Crippen LogP contribution in [0, 0.1) is 6.92 Å². The molecule has 2 heteroatoms. The lowest BCUT2D eigenvalue weighted by atomic mass is 10.5. The van der Waals surface area contributed by atoms with Crippen molar-refractivity contribution in [2.45, 2.75) is 6.92 Å². The molecule has 0 aliphatic carbocycles. The van der Waals surface area contributed by atoms with E-state index in [0.29, 0.717) is 6.04 Å². The normalized spacial score (nSPS) is 11.4. The molecule has 1 heterocycles. The van der Waals surface area contributed by atoms with E-state index in [1.807, 2.05) is 14.0 Å². The maximum absolute atomic E-state index is 7.16. The average Bonchev–Trinajstić information content (AvgIpc) is 1.85. The molecular weight excluding hydrogens is 88.1 g/mol. The highest BCUT2D eigenvalue weighted by molar-refractivity contribution is 4.93. The molecule has 0 atom stereocenters. The van der Waals surface area contributed by atoms with Crippen LogP contribution >= 0.6 is 0 Å². The SMILES string of the molecule is [2H]c1cn(C)nc1C. The molecule has 0 unspecified atom stereocenters. The van der Waals surface area contributed by atoms with Gasteiger partial charge in [-0.25, -0.2) is 0 Å². The molecule has 0 saturated heterocycles. The Bertz CT molecular complexity index is 173. The van der Waals surface area contributed by atoms with Gasteiger partial charge in [-0.15, -0.1) is 0 Å². The Kier molecular flexibility index (Phi) is 0.635. The van der Waals surface area contributed by atoms with Crippen molar-refractivity contribution in [3.8, 4) is 0 Å². The van der Waals surface area contributed by atoms with Crippen molar-refractivity contribution < 1.29 is 1.37 Å². The Labute approximate surface area is 44.2 Å². The Morgan fingerprint density at radius 3 is 2.86 bits per heavy atom. The Morgan fingerprint density at radius 1 is 2.00 bits per heavy atom. The van der Waals surface area contributed by atoms with Crippen LogP contribution in [-0.2, 0) is 7.05 Å². The Balaban J connectivity index is 3.14. The number of hydrogen-bond acceptors (Lipinski definition) is 1. The fraction of sp³-hybridized carbons (Fsp3) is 0.400. The van der Waals surface area contributed by atoms with Gasteiger partial charge in [-0.3, -0.25) is 4.68 Å². The first-order chi connectivity index (χ1) is 3.70. The van der Waals surface area contributed by atoms with Crippen molar-refractivity contribution >= 4 is 0 Å². The van der Waals surface area contributed by atoms with Crippen LogP contribution in [0.15, 0.2) is 12.2 Å². The lowest BCUT2D eigenvalue weighted by Crippen LogP contribution is -1.86. The molecule has 0 spiro atoms. The highest BCUT2D eigenvalue weighted by Crippen LogP contribution is 1.86. The van der Waals surface area contributed by atoms with Crippen LogP contribution in [0.3, 0.4) is 0 Å². The second-order valence-electron chi connectivity index (χ2n) is 1.53.